The molecule has 120 valence electrons. The highest BCUT2D eigenvalue weighted by molar-refractivity contribution is 8.02. The Labute approximate surface area is 145 Å². The number of hydrogen-bond acceptors (Lipinski definition) is 4. The van der Waals surface area contributed by atoms with Crippen molar-refractivity contribution in [3.8, 4) is 5.75 Å². The van der Waals surface area contributed by atoms with Gasteiger partial charge in [-0.15, -0.1) is 0 Å². The van der Waals surface area contributed by atoms with Gasteiger partial charge in [-0.1, -0.05) is 48.2 Å². The van der Waals surface area contributed by atoms with Crippen molar-refractivity contribution in [1.82, 2.24) is 9.55 Å². The van der Waals surface area contributed by atoms with Crippen LogP contribution in [-0.4, -0.2) is 15.4 Å². The minimum absolute atomic E-state index is 0.522. The maximum absolute atomic E-state index is 5.89. The van der Waals surface area contributed by atoms with E-state index in [2.05, 4.69) is 9.98 Å². The van der Waals surface area contributed by atoms with Crippen molar-refractivity contribution < 1.29 is 4.74 Å². The maximum atomic E-state index is 5.89. The van der Waals surface area contributed by atoms with Crippen LogP contribution in [0, 0.1) is 0 Å². The summed E-state index contributed by atoms with van der Waals surface area (Å²) in [5.41, 5.74) is 0.843. The lowest BCUT2D eigenvalue weighted by Gasteiger charge is -2.05. The number of aryl methyl sites for hydroxylation is 1. The number of nitrogens with zero attached hydrogens (tertiary/aromatic N) is 3. The normalized spacial score (nSPS) is 11.8. The van der Waals surface area contributed by atoms with Crippen LogP contribution in [0.2, 0.25) is 0 Å². The highest BCUT2D eigenvalue weighted by Crippen LogP contribution is 2.18. The molecule has 1 aromatic heterocycles. The van der Waals surface area contributed by atoms with Crippen molar-refractivity contribution >= 4 is 23.3 Å². The largest absolute Gasteiger partial charge is 0.439 e. The zero-order valence-electron chi connectivity index (χ0n) is 13.2. The van der Waals surface area contributed by atoms with E-state index in [1.807, 2.05) is 90.0 Å². The van der Waals surface area contributed by atoms with Crippen LogP contribution in [-0.2, 0) is 7.05 Å². The van der Waals surface area contributed by atoms with E-state index in [-0.39, 0.29) is 0 Å². The van der Waals surface area contributed by atoms with Crippen molar-refractivity contribution in [2.45, 2.75) is 5.16 Å². The third-order valence-corrected chi connectivity index (χ3v) is 4.00. The van der Waals surface area contributed by atoms with Gasteiger partial charge in [0.2, 0.25) is 5.90 Å². The van der Waals surface area contributed by atoms with Crippen molar-refractivity contribution in [3.05, 3.63) is 84.5 Å². The molecule has 0 N–H and O–H groups in total. The fraction of sp³-hybridized carbons (Fsp3) is 0.0526. The fourth-order valence-electron chi connectivity index (χ4n) is 1.95. The number of para-hydroxylation sites is 2. The second-order valence-electron chi connectivity index (χ2n) is 4.94. The molecule has 0 aliphatic heterocycles. The van der Waals surface area contributed by atoms with Crippen LogP contribution in [0.3, 0.4) is 0 Å². The maximum Gasteiger partial charge on any atom is 0.220 e. The van der Waals surface area contributed by atoms with Crippen molar-refractivity contribution in [3.63, 3.8) is 0 Å². The molecule has 0 saturated carbocycles. The lowest BCUT2D eigenvalue weighted by Crippen LogP contribution is -2.04. The van der Waals surface area contributed by atoms with Crippen LogP contribution in [0.25, 0.3) is 0 Å². The Kier molecular flexibility index (Phi) is 5.48. The number of hydrogen-bond donors (Lipinski definition) is 0. The summed E-state index contributed by atoms with van der Waals surface area (Å²) in [5.74, 6) is 1.27. The van der Waals surface area contributed by atoms with Crippen LogP contribution >= 0.6 is 11.8 Å². The summed E-state index contributed by atoms with van der Waals surface area (Å²) in [6.07, 6.45) is 5.53. The van der Waals surface area contributed by atoms with Gasteiger partial charge in [-0.2, -0.15) is 0 Å². The Bertz CT molecular complexity index is 826. The standard InChI is InChI=1S/C19H17N3OS/c1-22-14-13-20-19(22)24-15-12-18(21-16-8-4-2-5-9-16)23-17-10-6-3-7-11-17/h2-15H,1H3. The molecular weight excluding hydrogens is 318 g/mol. The minimum Gasteiger partial charge on any atom is -0.439 e. The van der Waals surface area contributed by atoms with Gasteiger partial charge in [0.1, 0.15) is 5.75 Å². The highest BCUT2D eigenvalue weighted by atomic mass is 32.2. The number of aliphatic imine (C=N–C) groups is 1. The van der Waals surface area contributed by atoms with E-state index in [1.54, 1.807) is 6.20 Å². The fourth-order valence-corrected chi connectivity index (χ4v) is 2.61. The molecule has 0 saturated heterocycles. The van der Waals surface area contributed by atoms with Crippen LogP contribution in [0.15, 0.2) is 94.7 Å². The van der Waals surface area contributed by atoms with E-state index >= 15 is 0 Å². The summed E-state index contributed by atoms with van der Waals surface area (Å²) < 4.78 is 7.85. The average molecular weight is 335 g/mol. The molecule has 0 atom stereocenters. The summed E-state index contributed by atoms with van der Waals surface area (Å²) in [6.45, 7) is 0. The van der Waals surface area contributed by atoms with E-state index < -0.39 is 0 Å². The van der Waals surface area contributed by atoms with Crippen LogP contribution in [0.1, 0.15) is 0 Å². The molecule has 0 amide bonds. The third kappa shape index (κ3) is 4.60. The molecule has 0 fully saturated rings. The van der Waals surface area contributed by atoms with Gasteiger partial charge in [-0.05, 0) is 29.7 Å². The SMILES string of the molecule is Cn1ccnc1SC=CC(=Nc1ccccc1)Oc1ccccc1. The monoisotopic (exact) mass is 335 g/mol. The molecule has 24 heavy (non-hydrogen) atoms. The Morgan fingerprint density at radius 2 is 1.79 bits per heavy atom. The summed E-state index contributed by atoms with van der Waals surface area (Å²) >= 11 is 1.51. The first-order chi connectivity index (χ1) is 11.8. The van der Waals surface area contributed by atoms with Gasteiger partial charge in [-0.3, -0.25) is 0 Å². The number of thioether (sulfide) groups is 1. The first kappa shape index (κ1) is 16.1. The van der Waals surface area contributed by atoms with Gasteiger partial charge in [0.05, 0.1) is 5.69 Å². The minimum atomic E-state index is 0.522. The number of rotatable bonds is 5. The van der Waals surface area contributed by atoms with Gasteiger partial charge >= 0.3 is 0 Å². The van der Waals surface area contributed by atoms with Gasteiger partial charge in [0, 0.05) is 25.5 Å². The molecule has 0 radical (unpaired) electrons. The molecule has 1 heterocycles. The molecule has 2 aromatic carbocycles. The average Bonchev–Trinajstić information content (AvgIpc) is 3.02. The molecule has 3 aromatic rings. The van der Waals surface area contributed by atoms with Gasteiger partial charge in [0.15, 0.2) is 5.16 Å². The first-order valence-electron chi connectivity index (χ1n) is 7.48. The van der Waals surface area contributed by atoms with Gasteiger partial charge < -0.3 is 9.30 Å². The third-order valence-electron chi connectivity index (χ3n) is 3.12. The molecule has 0 spiro atoms. The van der Waals surface area contributed by atoms with E-state index in [0.717, 1.165) is 16.6 Å². The molecule has 0 bridgehead atoms. The zero-order chi connectivity index (χ0) is 16.6. The molecule has 0 unspecified atom stereocenters. The number of ether oxygens (including phenoxy) is 1. The lowest BCUT2D eigenvalue weighted by molar-refractivity contribution is 0.556. The Morgan fingerprint density at radius 3 is 2.46 bits per heavy atom. The summed E-state index contributed by atoms with van der Waals surface area (Å²) in [4.78, 5) is 8.84. The summed E-state index contributed by atoms with van der Waals surface area (Å²) in [5, 5.41) is 2.83. The summed E-state index contributed by atoms with van der Waals surface area (Å²) in [7, 11) is 1.96. The van der Waals surface area contributed by atoms with Crippen LogP contribution in [0.5, 0.6) is 5.75 Å². The topological polar surface area (TPSA) is 39.4 Å². The molecule has 0 aliphatic carbocycles. The lowest BCUT2D eigenvalue weighted by atomic mass is 10.3. The van der Waals surface area contributed by atoms with Crippen molar-refractivity contribution in [2.75, 3.05) is 0 Å². The second kappa shape index (κ2) is 8.17. The van der Waals surface area contributed by atoms with Gasteiger partial charge in [0.25, 0.3) is 0 Å². The molecular formula is C19H17N3OS. The Morgan fingerprint density at radius 1 is 1.08 bits per heavy atom. The number of benzene rings is 2. The quantitative estimate of drug-likeness (QED) is 0.381. The summed E-state index contributed by atoms with van der Waals surface area (Å²) in [6, 6.07) is 19.4. The Hall–Kier alpha value is -2.79. The van der Waals surface area contributed by atoms with Crippen molar-refractivity contribution in [1.29, 1.82) is 0 Å². The predicted molar refractivity (Wildman–Crippen MR) is 98.8 cm³/mol. The van der Waals surface area contributed by atoms with Crippen molar-refractivity contribution in [2.24, 2.45) is 12.0 Å². The first-order valence-corrected chi connectivity index (χ1v) is 8.36. The zero-order valence-corrected chi connectivity index (χ0v) is 14.1. The van der Waals surface area contributed by atoms with E-state index in [1.165, 1.54) is 11.8 Å². The number of imidazole rings is 1. The van der Waals surface area contributed by atoms with E-state index in [9.17, 15) is 0 Å². The van der Waals surface area contributed by atoms with E-state index in [4.69, 9.17) is 4.74 Å². The van der Waals surface area contributed by atoms with Crippen LogP contribution in [0.4, 0.5) is 5.69 Å². The highest BCUT2D eigenvalue weighted by Gasteiger charge is 2.01. The Balaban J connectivity index is 1.79. The molecule has 0 aliphatic rings. The second-order valence-corrected chi connectivity index (χ2v) is 5.82. The van der Waals surface area contributed by atoms with Crippen LogP contribution < -0.4 is 4.74 Å². The predicted octanol–water partition coefficient (Wildman–Crippen LogP) is 4.84. The molecule has 4 nitrogen and oxygen atoms in total. The molecule has 5 heteroatoms. The molecule has 3 rings (SSSR count). The van der Waals surface area contributed by atoms with Gasteiger partial charge in [-0.25, -0.2) is 9.98 Å². The van der Waals surface area contributed by atoms with E-state index in [0.29, 0.717) is 5.90 Å². The number of aromatic nitrogens is 2. The smallest absolute Gasteiger partial charge is 0.220 e.